The topological polar surface area (TPSA) is 82.3 Å². The highest BCUT2D eigenvalue weighted by Crippen LogP contribution is 2.22. The highest BCUT2D eigenvalue weighted by Gasteiger charge is 2.34. The number of aromatic amines is 1. The molecule has 0 spiro atoms. The smallest absolute Gasteiger partial charge is 0.270 e. The number of rotatable bonds is 4. The van der Waals surface area contributed by atoms with Crippen molar-refractivity contribution in [3.8, 4) is 0 Å². The van der Waals surface area contributed by atoms with Gasteiger partial charge in [0.15, 0.2) is 0 Å². The summed E-state index contributed by atoms with van der Waals surface area (Å²) < 4.78 is 27.9. The van der Waals surface area contributed by atoms with Crippen LogP contribution in [0.5, 0.6) is 0 Å². The van der Waals surface area contributed by atoms with Crippen LogP contribution >= 0.6 is 0 Å². The first-order valence-corrected chi connectivity index (χ1v) is 9.55. The number of sulfonamides is 1. The number of nitrogens with one attached hydrogen (secondary N) is 2. The zero-order valence-electron chi connectivity index (χ0n) is 12.6. The summed E-state index contributed by atoms with van der Waals surface area (Å²) in [6.45, 7) is 0.896. The quantitative estimate of drug-likeness (QED) is 0.880. The van der Waals surface area contributed by atoms with E-state index in [2.05, 4.69) is 9.71 Å². The molecule has 1 saturated carbocycles. The molecule has 1 atom stereocenters. The van der Waals surface area contributed by atoms with E-state index in [4.69, 9.17) is 0 Å². The molecule has 1 unspecified atom stereocenters. The van der Waals surface area contributed by atoms with Gasteiger partial charge in [-0.3, -0.25) is 4.79 Å². The minimum atomic E-state index is -3.36. The molecule has 6 nitrogen and oxygen atoms in total. The Morgan fingerprint density at radius 1 is 1.23 bits per heavy atom. The third-order valence-corrected chi connectivity index (χ3v) is 6.54. The summed E-state index contributed by atoms with van der Waals surface area (Å²) in [6, 6.07) is 3.57. The number of hydrogen-bond acceptors (Lipinski definition) is 3. The van der Waals surface area contributed by atoms with Crippen molar-refractivity contribution in [3.63, 3.8) is 0 Å². The predicted octanol–water partition coefficient (Wildman–Crippen LogP) is 1.48. The Hall–Kier alpha value is -1.34. The first-order chi connectivity index (χ1) is 10.6. The summed E-state index contributed by atoms with van der Waals surface area (Å²) in [5.74, 6) is -0.120. The molecule has 1 amide bonds. The van der Waals surface area contributed by atoms with Crippen LogP contribution in [0.15, 0.2) is 18.3 Å². The number of likely N-dealkylation sites (tertiary alicyclic amines) is 1. The van der Waals surface area contributed by atoms with Gasteiger partial charge >= 0.3 is 0 Å². The van der Waals surface area contributed by atoms with Gasteiger partial charge < -0.3 is 9.88 Å². The number of carbonyl (C=O) groups is 1. The van der Waals surface area contributed by atoms with Gasteiger partial charge in [0.05, 0.1) is 5.25 Å². The standard InChI is InChI=1S/C15H23N3O3S/c19-15(14-8-3-9-16-14)18-10-4-7-13(11-18)22(20,21)17-12-5-1-2-6-12/h3,8-9,12-13,16-17H,1-2,4-7,10-11H2. The van der Waals surface area contributed by atoms with Crippen molar-refractivity contribution in [2.45, 2.75) is 49.8 Å². The fraction of sp³-hybridized carbons (Fsp3) is 0.667. The van der Waals surface area contributed by atoms with E-state index in [1.165, 1.54) is 0 Å². The van der Waals surface area contributed by atoms with E-state index < -0.39 is 15.3 Å². The molecule has 0 radical (unpaired) electrons. The molecule has 1 aromatic heterocycles. The maximum Gasteiger partial charge on any atom is 0.270 e. The molecule has 2 N–H and O–H groups in total. The lowest BCUT2D eigenvalue weighted by molar-refractivity contribution is 0.0721. The van der Waals surface area contributed by atoms with Crippen LogP contribution in [-0.2, 0) is 10.0 Å². The molecular weight excluding hydrogens is 302 g/mol. The van der Waals surface area contributed by atoms with Crippen molar-refractivity contribution in [1.29, 1.82) is 0 Å². The fourth-order valence-electron chi connectivity index (χ4n) is 3.38. The molecule has 2 heterocycles. The van der Waals surface area contributed by atoms with Crippen LogP contribution in [0.3, 0.4) is 0 Å². The Morgan fingerprint density at radius 2 is 2.00 bits per heavy atom. The van der Waals surface area contributed by atoms with Gasteiger partial charge in [-0.2, -0.15) is 0 Å². The van der Waals surface area contributed by atoms with Crippen molar-refractivity contribution in [3.05, 3.63) is 24.0 Å². The summed E-state index contributed by atoms with van der Waals surface area (Å²) in [4.78, 5) is 16.9. The van der Waals surface area contributed by atoms with E-state index in [0.717, 1.165) is 32.1 Å². The van der Waals surface area contributed by atoms with Gasteiger partial charge in [0, 0.05) is 25.3 Å². The summed E-state index contributed by atoms with van der Waals surface area (Å²) in [7, 11) is -3.36. The molecular formula is C15H23N3O3S. The van der Waals surface area contributed by atoms with Gasteiger partial charge in [0.2, 0.25) is 10.0 Å². The Bertz CT molecular complexity index is 606. The summed E-state index contributed by atoms with van der Waals surface area (Å²) in [5, 5.41) is -0.499. The Morgan fingerprint density at radius 3 is 2.68 bits per heavy atom. The summed E-state index contributed by atoms with van der Waals surface area (Å²) >= 11 is 0. The van der Waals surface area contributed by atoms with Crippen LogP contribution in [0.2, 0.25) is 0 Å². The van der Waals surface area contributed by atoms with Crippen molar-refractivity contribution >= 4 is 15.9 Å². The van der Waals surface area contributed by atoms with E-state index in [0.29, 0.717) is 18.7 Å². The van der Waals surface area contributed by atoms with Gasteiger partial charge in [-0.15, -0.1) is 0 Å². The first kappa shape index (κ1) is 15.6. The average Bonchev–Trinajstić information content (AvgIpc) is 3.19. The van der Waals surface area contributed by atoms with Gasteiger partial charge in [0.25, 0.3) is 5.91 Å². The van der Waals surface area contributed by atoms with E-state index in [1.54, 1.807) is 23.2 Å². The fourth-order valence-corrected chi connectivity index (χ4v) is 5.13. The maximum absolute atomic E-state index is 12.5. The van der Waals surface area contributed by atoms with Crippen molar-refractivity contribution < 1.29 is 13.2 Å². The molecule has 0 bridgehead atoms. The Kier molecular flexibility index (Phi) is 4.54. The van der Waals surface area contributed by atoms with Gasteiger partial charge in [-0.1, -0.05) is 12.8 Å². The number of H-pyrrole nitrogens is 1. The zero-order chi connectivity index (χ0) is 15.6. The lowest BCUT2D eigenvalue weighted by Gasteiger charge is -2.32. The molecule has 2 aliphatic rings. The zero-order valence-corrected chi connectivity index (χ0v) is 13.4. The minimum Gasteiger partial charge on any atom is -0.357 e. The van der Waals surface area contributed by atoms with E-state index in [1.807, 2.05) is 0 Å². The molecule has 1 aromatic rings. The molecule has 1 saturated heterocycles. The summed E-state index contributed by atoms with van der Waals surface area (Å²) in [5.41, 5.74) is 0.516. The second-order valence-electron chi connectivity index (χ2n) is 6.24. The molecule has 122 valence electrons. The second kappa shape index (κ2) is 6.42. The number of nitrogens with zero attached hydrogens (tertiary/aromatic N) is 1. The predicted molar refractivity (Wildman–Crippen MR) is 84.0 cm³/mol. The minimum absolute atomic E-state index is 0.0829. The highest BCUT2D eigenvalue weighted by molar-refractivity contribution is 7.90. The van der Waals surface area contributed by atoms with Crippen LogP contribution in [0.25, 0.3) is 0 Å². The van der Waals surface area contributed by atoms with Crippen LogP contribution in [0, 0.1) is 0 Å². The van der Waals surface area contributed by atoms with Crippen molar-refractivity contribution in [2.24, 2.45) is 0 Å². The molecule has 1 aliphatic carbocycles. The van der Waals surface area contributed by atoms with E-state index in [9.17, 15) is 13.2 Å². The second-order valence-corrected chi connectivity index (χ2v) is 8.24. The maximum atomic E-state index is 12.5. The number of carbonyl (C=O) groups excluding carboxylic acids is 1. The lowest BCUT2D eigenvalue weighted by Crippen LogP contribution is -2.50. The number of amides is 1. The molecule has 2 fully saturated rings. The number of aromatic nitrogens is 1. The molecule has 7 heteroatoms. The molecule has 0 aromatic carbocycles. The highest BCUT2D eigenvalue weighted by atomic mass is 32.2. The van der Waals surface area contributed by atoms with Gasteiger partial charge in [0.1, 0.15) is 5.69 Å². The largest absolute Gasteiger partial charge is 0.357 e. The molecule has 3 rings (SSSR count). The van der Waals surface area contributed by atoms with E-state index in [-0.39, 0.29) is 18.5 Å². The van der Waals surface area contributed by atoms with Crippen molar-refractivity contribution in [2.75, 3.05) is 13.1 Å². The van der Waals surface area contributed by atoms with Crippen LogP contribution in [0.1, 0.15) is 49.0 Å². The third kappa shape index (κ3) is 3.35. The van der Waals surface area contributed by atoms with Crippen molar-refractivity contribution in [1.82, 2.24) is 14.6 Å². The molecule has 22 heavy (non-hydrogen) atoms. The third-order valence-electron chi connectivity index (χ3n) is 4.62. The summed E-state index contributed by atoms with van der Waals surface area (Å²) in [6.07, 6.45) is 7.09. The SMILES string of the molecule is O=C(c1ccc[nH]1)N1CCCC(S(=O)(=O)NC2CCCC2)C1. The normalized spacial score (nSPS) is 23.8. The first-order valence-electron chi connectivity index (χ1n) is 8.00. The van der Waals surface area contributed by atoms with Gasteiger partial charge in [-0.25, -0.2) is 13.1 Å². The average molecular weight is 325 g/mol. The van der Waals surface area contributed by atoms with Gasteiger partial charge in [-0.05, 0) is 37.8 Å². The molecule has 1 aliphatic heterocycles. The van der Waals surface area contributed by atoms with Crippen LogP contribution < -0.4 is 4.72 Å². The van der Waals surface area contributed by atoms with Crippen LogP contribution in [0.4, 0.5) is 0 Å². The number of piperidine rings is 1. The Balaban J connectivity index is 1.65. The lowest BCUT2D eigenvalue weighted by atomic mass is 10.1. The Labute approximate surface area is 131 Å². The van der Waals surface area contributed by atoms with E-state index >= 15 is 0 Å². The monoisotopic (exact) mass is 325 g/mol. The van der Waals surface area contributed by atoms with Crippen LogP contribution in [-0.4, -0.2) is 48.6 Å². The number of hydrogen-bond donors (Lipinski definition) is 2.